The second-order valence-electron chi connectivity index (χ2n) is 4.94. The topological polar surface area (TPSA) is 40.5 Å². The van der Waals surface area contributed by atoms with Crippen LogP contribution in [0.3, 0.4) is 0 Å². The number of rotatable bonds is 1. The summed E-state index contributed by atoms with van der Waals surface area (Å²) in [6, 6.07) is 0.852. The van der Waals surface area contributed by atoms with Crippen molar-refractivity contribution in [1.29, 1.82) is 0 Å². The fourth-order valence-corrected chi connectivity index (χ4v) is 2.78. The molecule has 0 spiro atoms. The van der Waals surface area contributed by atoms with Gasteiger partial charge in [0.1, 0.15) is 0 Å². The standard InChI is InChI=1S/C11H19N.C2HF3O2/c1-2-10-6-5-9-12-8-4-3-7-11(10)12;3-2(4,5)1(6)7/h2,10-11H,1,3-9H2;(H,6,7)/t10-,11+;/m1./s1. The molecule has 0 radical (unpaired) electrons. The van der Waals surface area contributed by atoms with Crippen molar-refractivity contribution < 1.29 is 23.1 Å². The first-order valence-corrected chi connectivity index (χ1v) is 6.53. The highest BCUT2D eigenvalue weighted by Crippen LogP contribution is 2.31. The van der Waals surface area contributed by atoms with Gasteiger partial charge in [-0.3, -0.25) is 4.90 Å². The Kier molecular flexibility index (Phi) is 5.85. The first-order valence-electron chi connectivity index (χ1n) is 6.53. The van der Waals surface area contributed by atoms with Gasteiger partial charge in [-0.1, -0.05) is 12.5 Å². The van der Waals surface area contributed by atoms with Gasteiger partial charge in [0, 0.05) is 6.04 Å². The number of carboxylic acids is 1. The first-order chi connectivity index (χ1) is 8.86. The number of fused-ring (bicyclic) bond motifs is 1. The fourth-order valence-electron chi connectivity index (χ4n) is 2.78. The number of carboxylic acid groups (broad SMARTS) is 1. The largest absolute Gasteiger partial charge is 0.490 e. The summed E-state index contributed by atoms with van der Waals surface area (Å²) in [5, 5.41) is 7.12. The van der Waals surface area contributed by atoms with Crippen molar-refractivity contribution >= 4 is 5.97 Å². The third-order valence-corrected chi connectivity index (χ3v) is 3.69. The molecule has 6 heteroatoms. The van der Waals surface area contributed by atoms with Gasteiger partial charge in [0.25, 0.3) is 0 Å². The predicted molar refractivity (Wildman–Crippen MR) is 65.8 cm³/mol. The van der Waals surface area contributed by atoms with E-state index in [1.54, 1.807) is 0 Å². The molecule has 2 atom stereocenters. The second kappa shape index (κ2) is 6.93. The SMILES string of the molecule is C=C[C@@H]1CCCN2CCCC[C@@H]12.O=C(O)C(F)(F)F. The minimum absolute atomic E-state index is 0.791. The zero-order valence-corrected chi connectivity index (χ0v) is 10.8. The summed E-state index contributed by atoms with van der Waals surface area (Å²) >= 11 is 0. The minimum Gasteiger partial charge on any atom is -0.475 e. The van der Waals surface area contributed by atoms with E-state index in [1.165, 1.54) is 45.2 Å². The molecule has 110 valence electrons. The lowest BCUT2D eigenvalue weighted by Gasteiger charge is -2.43. The molecule has 2 aliphatic heterocycles. The molecule has 0 amide bonds. The van der Waals surface area contributed by atoms with Crippen molar-refractivity contribution in [2.24, 2.45) is 5.92 Å². The first kappa shape index (κ1) is 16.0. The molecule has 0 aromatic rings. The molecule has 2 rings (SSSR count). The van der Waals surface area contributed by atoms with Crippen molar-refractivity contribution in [3.8, 4) is 0 Å². The van der Waals surface area contributed by atoms with Gasteiger partial charge in [-0.25, -0.2) is 4.79 Å². The van der Waals surface area contributed by atoms with Crippen molar-refractivity contribution in [1.82, 2.24) is 4.90 Å². The lowest BCUT2D eigenvalue weighted by Crippen LogP contribution is -2.47. The maximum absolute atomic E-state index is 10.6. The monoisotopic (exact) mass is 279 g/mol. The Balaban J connectivity index is 0.000000224. The number of nitrogens with zero attached hydrogens (tertiary/aromatic N) is 1. The van der Waals surface area contributed by atoms with E-state index in [2.05, 4.69) is 17.6 Å². The average molecular weight is 279 g/mol. The Labute approximate surface area is 111 Å². The highest BCUT2D eigenvalue weighted by atomic mass is 19.4. The molecule has 0 aromatic carbocycles. The molecule has 3 nitrogen and oxygen atoms in total. The molecular formula is C13H20F3NO2. The van der Waals surface area contributed by atoms with Gasteiger partial charge in [-0.05, 0) is 44.7 Å². The number of alkyl halides is 3. The molecule has 0 unspecified atom stereocenters. The van der Waals surface area contributed by atoms with E-state index in [4.69, 9.17) is 9.90 Å². The number of aliphatic carboxylic acids is 1. The van der Waals surface area contributed by atoms with Crippen LogP contribution < -0.4 is 0 Å². The van der Waals surface area contributed by atoms with Gasteiger partial charge in [0.2, 0.25) is 0 Å². The van der Waals surface area contributed by atoms with E-state index in [0.29, 0.717) is 0 Å². The molecule has 2 aliphatic rings. The van der Waals surface area contributed by atoms with Crippen LogP contribution in [-0.2, 0) is 4.79 Å². The fraction of sp³-hybridized carbons (Fsp3) is 0.769. The van der Waals surface area contributed by atoms with Gasteiger partial charge in [-0.2, -0.15) is 13.2 Å². The summed E-state index contributed by atoms with van der Waals surface area (Å²) in [6.07, 6.45) is 4.13. The number of halogens is 3. The highest BCUT2D eigenvalue weighted by molar-refractivity contribution is 5.73. The average Bonchev–Trinajstić information content (AvgIpc) is 2.37. The summed E-state index contributed by atoms with van der Waals surface area (Å²) in [7, 11) is 0. The molecule has 2 saturated heterocycles. The van der Waals surface area contributed by atoms with E-state index >= 15 is 0 Å². The van der Waals surface area contributed by atoms with E-state index < -0.39 is 12.1 Å². The summed E-state index contributed by atoms with van der Waals surface area (Å²) in [6.45, 7) is 6.63. The lowest BCUT2D eigenvalue weighted by molar-refractivity contribution is -0.192. The van der Waals surface area contributed by atoms with Gasteiger partial charge in [0.15, 0.2) is 0 Å². The van der Waals surface area contributed by atoms with E-state index in [9.17, 15) is 13.2 Å². The maximum atomic E-state index is 10.6. The van der Waals surface area contributed by atoms with Crippen molar-refractivity contribution in [3.05, 3.63) is 12.7 Å². The molecule has 19 heavy (non-hydrogen) atoms. The third kappa shape index (κ3) is 4.86. The number of hydrogen-bond donors (Lipinski definition) is 1. The summed E-state index contributed by atoms with van der Waals surface area (Å²) in [5.41, 5.74) is 0. The lowest BCUT2D eigenvalue weighted by atomic mass is 9.84. The highest BCUT2D eigenvalue weighted by Gasteiger charge is 2.38. The van der Waals surface area contributed by atoms with E-state index in [-0.39, 0.29) is 0 Å². The van der Waals surface area contributed by atoms with Crippen molar-refractivity contribution in [2.45, 2.75) is 44.3 Å². The van der Waals surface area contributed by atoms with Crippen LogP contribution in [0.15, 0.2) is 12.7 Å². The molecule has 0 aliphatic carbocycles. The van der Waals surface area contributed by atoms with E-state index in [0.717, 1.165) is 12.0 Å². The van der Waals surface area contributed by atoms with Crippen LogP contribution in [0.4, 0.5) is 13.2 Å². The Hall–Kier alpha value is -1.04. The van der Waals surface area contributed by atoms with Crippen LogP contribution in [0, 0.1) is 5.92 Å². The van der Waals surface area contributed by atoms with Crippen LogP contribution in [0.2, 0.25) is 0 Å². The Bertz CT molecular complexity index is 316. The van der Waals surface area contributed by atoms with Gasteiger partial charge >= 0.3 is 12.1 Å². The summed E-state index contributed by atoms with van der Waals surface area (Å²) in [5.74, 6) is -1.97. The minimum atomic E-state index is -5.08. The molecular weight excluding hydrogens is 259 g/mol. The second-order valence-corrected chi connectivity index (χ2v) is 4.94. The molecule has 2 fully saturated rings. The van der Waals surface area contributed by atoms with Crippen LogP contribution in [0.5, 0.6) is 0 Å². The Morgan fingerprint density at radius 2 is 1.79 bits per heavy atom. The maximum Gasteiger partial charge on any atom is 0.490 e. The van der Waals surface area contributed by atoms with Crippen molar-refractivity contribution in [3.63, 3.8) is 0 Å². The van der Waals surface area contributed by atoms with Crippen molar-refractivity contribution in [2.75, 3.05) is 13.1 Å². The van der Waals surface area contributed by atoms with Crippen LogP contribution >= 0.6 is 0 Å². The summed E-state index contributed by atoms with van der Waals surface area (Å²) < 4.78 is 31.7. The Morgan fingerprint density at radius 3 is 2.32 bits per heavy atom. The molecule has 1 N–H and O–H groups in total. The quantitative estimate of drug-likeness (QED) is 0.750. The molecule has 0 bridgehead atoms. The zero-order chi connectivity index (χ0) is 14.5. The third-order valence-electron chi connectivity index (χ3n) is 3.69. The van der Waals surface area contributed by atoms with Gasteiger partial charge in [0.05, 0.1) is 0 Å². The number of carbonyl (C=O) groups is 1. The summed E-state index contributed by atoms with van der Waals surface area (Å²) in [4.78, 5) is 11.6. The van der Waals surface area contributed by atoms with E-state index in [1.807, 2.05) is 0 Å². The number of piperidine rings is 2. The predicted octanol–water partition coefficient (Wildman–Crippen LogP) is 3.07. The smallest absolute Gasteiger partial charge is 0.475 e. The molecule has 2 heterocycles. The van der Waals surface area contributed by atoms with Crippen LogP contribution in [0.1, 0.15) is 32.1 Å². The van der Waals surface area contributed by atoms with Crippen LogP contribution in [0.25, 0.3) is 0 Å². The zero-order valence-electron chi connectivity index (χ0n) is 10.8. The normalized spacial score (nSPS) is 27.7. The van der Waals surface area contributed by atoms with Gasteiger partial charge in [-0.15, -0.1) is 6.58 Å². The molecule has 0 saturated carbocycles. The Morgan fingerprint density at radius 1 is 1.21 bits per heavy atom. The number of hydrogen-bond acceptors (Lipinski definition) is 2. The van der Waals surface area contributed by atoms with Gasteiger partial charge < -0.3 is 5.11 Å². The molecule has 0 aromatic heterocycles. The van der Waals surface area contributed by atoms with Crippen LogP contribution in [-0.4, -0.2) is 41.3 Å².